The molecule has 33 heavy (non-hydrogen) atoms. The zero-order valence-corrected chi connectivity index (χ0v) is 18.8. The van der Waals surface area contributed by atoms with Crippen LogP contribution in [0.4, 0.5) is 17.1 Å². The number of hydrogen-bond donors (Lipinski definition) is 3. The zero-order chi connectivity index (χ0) is 23.8. The van der Waals surface area contributed by atoms with E-state index >= 15 is 0 Å². The fourth-order valence-electron chi connectivity index (χ4n) is 3.08. The molecule has 0 heterocycles. The number of anilines is 3. The Bertz CT molecular complexity index is 1110. The van der Waals surface area contributed by atoms with Crippen LogP contribution in [-0.4, -0.2) is 30.2 Å². The molecule has 1 atom stereocenters. The number of ether oxygens (including phenoxy) is 1. The van der Waals surface area contributed by atoms with Gasteiger partial charge in [0.15, 0.2) is 5.78 Å². The molecule has 7 nitrogen and oxygen atoms in total. The van der Waals surface area contributed by atoms with Gasteiger partial charge in [-0.1, -0.05) is 0 Å². The van der Waals surface area contributed by atoms with Crippen LogP contribution in [0, 0.1) is 0 Å². The van der Waals surface area contributed by atoms with Crippen LogP contribution >= 0.6 is 0 Å². The maximum atomic E-state index is 12.5. The standard InChI is InChI=1S/C26H27N3O4/c1-4-33-24-15-13-23(14-16-24)29-26(32)20-7-11-21(12-8-20)27-17(2)25(31)28-22-9-5-19(6-10-22)18(3)30/h5-17,27H,4H2,1-3H3,(H,28,31)(H,29,32)/t17-/m0/s1. The van der Waals surface area contributed by atoms with Crippen LogP contribution < -0.4 is 20.7 Å². The van der Waals surface area contributed by atoms with Gasteiger partial charge in [-0.25, -0.2) is 0 Å². The van der Waals surface area contributed by atoms with Gasteiger partial charge in [0.05, 0.1) is 6.61 Å². The summed E-state index contributed by atoms with van der Waals surface area (Å²) >= 11 is 0. The fraction of sp³-hybridized carbons (Fsp3) is 0.192. The first-order chi connectivity index (χ1) is 15.9. The quantitative estimate of drug-likeness (QED) is 0.404. The molecule has 3 rings (SSSR count). The topological polar surface area (TPSA) is 96.5 Å². The highest BCUT2D eigenvalue weighted by molar-refractivity contribution is 6.04. The lowest BCUT2D eigenvalue weighted by Gasteiger charge is -2.16. The van der Waals surface area contributed by atoms with Crippen molar-refractivity contribution in [2.24, 2.45) is 0 Å². The second-order valence-electron chi connectivity index (χ2n) is 7.48. The molecule has 0 bridgehead atoms. The van der Waals surface area contributed by atoms with E-state index in [1.807, 2.05) is 6.92 Å². The molecule has 0 aliphatic heterocycles. The van der Waals surface area contributed by atoms with Crippen molar-refractivity contribution in [3.63, 3.8) is 0 Å². The van der Waals surface area contributed by atoms with Crippen LogP contribution in [0.3, 0.4) is 0 Å². The number of benzene rings is 3. The van der Waals surface area contributed by atoms with Crippen molar-refractivity contribution < 1.29 is 19.1 Å². The van der Waals surface area contributed by atoms with Gasteiger partial charge in [0.25, 0.3) is 5.91 Å². The van der Waals surface area contributed by atoms with Crippen molar-refractivity contribution in [3.05, 3.63) is 83.9 Å². The van der Waals surface area contributed by atoms with E-state index in [9.17, 15) is 14.4 Å². The summed E-state index contributed by atoms with van der Waals surface area (Å²) in [6.07, 6.45) is 0. The van der Waals surface area contributed by atoms with E-state index in [0.29, 0.717) is 34.8 Å². The lowest BCUT2D eigenvalue weighted by molar-refractivity contribution is -0.116. The molecule has 0 saturated heterocycles. The summed E-state index contributed by atoms with van der Waals surface area (Å²) in [4.78, 5) is 36.3. The number of Topliss-reactive ketones (excluding diaryl/α,β-unsaturated/α-hetero) is 1. The first-order valence-electron chi connectivity index (χ1n) is 10.7. The van der Waals surface area contributed by atoms with Crippen molar-refractivity contribution in [2.45, 2.75) is 26.8 Å². The van der Waals surface area contributed by atoms with Crippen molar-refractivity contribution in [3.8, 4) is 5.75 Å². The second-order valence-corrected chi connectivity index (χ2v) is 7.48. The highest BCUT2D eigenvalue weighted by Gasteiger charge is 2.14. The summed E-state index contributed by atoms with van der Waals surface area (Å²) in [5, 5.41) is 8.77. The highest BCUT2D eigenvalue weighted by Crippen LogP contribution is 2.18. The van der Waals surface area contributed by atoms with Gasteiger partial charge in [-0.2, -0.15) is 0 Å². The van der Waals surface area contributed by atoms with Gasteiger partial charge in [-0.05, 0) is 93.6 Å². The molecule has 0 aliphatic carbocycles. The molecule has 7 heteroatoms. The predicted octanol–water partition coefficient (Wildman–Crippen LogP) is 4.98. The molecule has 170 valence electrons. The number of amides is 2. The lowest BCUT2D eigenvalue weighted by Crippen LogP contribution is -2.31. The molecule has 0 radical (unpaired) electrons. The van der Waals surface area contributed by atoms with Crippen LogP contribution in [-0.2, 0) is 4.79 Å². The number of nitrogens with one attached hydrogen (secondary N) is 3. The smallest absolute Gasteiger partial charge is 0.255 e. The molecule has 0 aromatic heterocycles. The number of carbonyl (C=O) groups excluding carboxylic acids is 3. The molecular formula is C26H27N3O4. The number of rotatable bonds is 9. The van der Waals surface area contributed by atoms with E-state index in [0.717, 1.165) is 5.75 Å². The Labute approximate surface area is 193 Å². The van der Waals surface area contributed by atoms with Crippen LogP contribution in [0.5, 0.6) is 5.75 Å². The molecule has 0 fully saturated rings. The van der Waals surface area contributed by atoms with Crippen molar-refractivity contribution >= 4 is 34.7 Å². The zero-order valence-electron chi connectivity index (χ0n) is 18.8. The van der Waals surface area contributed by atoms with Crippen molar-refractivity contribution in [2.75, 3.05) is 22.6 Å². The van der Waals surface area contributed by atoms with E-state index in [-0.39, 0.29) is 17.6 Å². The predicted molar refractivity (Wildman–Crippen MR) is 130 cm³/mol. The van der Waals surface area contributed by atoms with Crippen molar-refractivity contribution in [1.82, 2.24) is 0 Å². The Morgan fingerprint density at radius 1 is 0.758 bits per heavy atom. The Hall–Kier alpha value is -4.13. The van der Waals surface area contributed by atoms with Gasteiger partial charge >= 0.3 is 0 Å². The van der Waals surface area contributed by atoms with Crippen LogP contribution in [0.25, 0.3) is 0 Å². The molecule has 3 N–H and O–H groups in total. The molecule has 3 aromatic rings. The minimum absolute atomic E-state index is 0.0282. The summed E-state index contributed by atoms with van der Waals surface area (Å²) in [6, 6.07) is 20.3. The summed E-state index contributed by atoms with van der Waals surface area (Å²) in [5.74, 6) is 0.269. The van der Waals surface area contributed by atoms with E-state index in [1.165, 1.54) is 6.92 Å². The van der Waals surface area contributed by atoms with E-state index in [1.54, 1.807) is 79.7 Å². The van der Waals surface area contributed by atoms with Crippen LogP contribution in [0.2, 0.25) is 0 Å². The van der Waals surface area contributed by atoms with E-state index in [4.69, 9.17) is 4.74 Å². The Kier molecular flexibility index (Phi) is 7.81. The maximum absolute atomic E-state index is 12.5. The van der Waals surface area contributed by atoms with Gasteiger partial charge in [-0.3, -0.25) is 14.4 Å². The average molecular weight is 446 g/mol. The second kappa shape index (κ2) is 10.9. The maximum Gasteiger partial charge on any atom is 0.255 e. The molecule has 0 spiro atoms. The van der Waals surface area contributed by atoms with Gasteiger partial charge in [0.1, 0.15) is 11.8 Å². The Balaban J connectivity index is 1.53. The Morgan fingerprint density at radius 3 is 1.85 bits per heavy atom. The van der Waals surface area contributed by atoms with Crippen molar-refractivity contribution in [1.29, 1.82) is 0 Å². The Morgan fingerprint density at radius 2 is 1.27 bits per heavy atom. The van der Waals surface area contributed by atoms with E-state index < -0.39 is 6.04 Å². The minimum Gasteiger partial charge on any atom is -0.494 e. The lowest BCUT2D eigenvalue weighted by atomic mass is 10.1. The molecule has 0 saturated carbocycles. The molecule has 0 unspecified atom stereocenters. The minimum atomic E-state index is -0.513. The van der Waals surface area contributed by atoms with Gasteiger partial charge < -0.3 is 20.7 Å². The average Bonchev–Trinajstić information content (AvgIpc) is 2.81. The van der Waals surface area contributed by atoms with Crippen LogP contribution in [0.1, 0.15) is 41.5 Å². The third kappa shape index (κ3) is 6.67. The SMILES string of the molecule is CCOc1ccc(NC(=O)c2ccc(N[C@@H](C)C(=O)Nc3ccc(C(C)=O)cc3)cc2)cc1. The highest BCUT2D eigenvalue weighted by atomic mass is 16.5. The van der Waals surface area contributed by atoms with Gasteiger partial charge in [-0.15, -0.1) is 0 Å². The number of ketones is 1. The molecule has 3 aromatic carbocycles. The largest absolute Gasteiger partial charge is 0.494 e. The molecule has 2 amide bonds. The molecule has 0 aliphatic rings. The third-order valence-electron chi connectivity index (χ3n) is 4.91. The monoisotopic (exact) mass is 445 g/mol. The van der Waals surface area contributed by atoms with Gasteiger partial charge in [0, 0.05) is 28.2 Å². The first kappa shape index (κ1) is 23.5. The van der Waals surface area contributed by atoms with Gasteiger partial charge in [0.2, 0.25) is 5.91 Å². The third-order valence-corrected chi connectivity index (χ3v) is 4.91. The van der Waals surface area contributed by atoms with E-state index in [2.05, 4.69) is 16.0 Å². The summed E-state index contributed by atoms with van der Waals surface area (Å²) in [7, 11) is 0. The van der Waals surface area contributed by atoms with Crippen LogP contribution in [0.15, 0.2) is 72.8 Å². The summed E-state index contributed by atoms with van der Waals surface area (Å²) in [6.45, 7) is 5.73. The number of carbonyl (C=O) groups is 3. The normalized spacial score (nSPS) is 11.2. The fourth-order valence-corrected chi connectivity index (χ4v) is 3.08. The summed E-state index contributed by atoms with van der Waals surface area (Å²) < 4.78 is 5.40. The molecular weight excluding hydrogens is 418 g/mol. The summed E-state index contributed by atoms with van der Waals surface area (Å²) in [5.41, 5.74) is 3.08. The number of hydrogen-bond acceptors (Lipinski definition) is 5. The first-order valence-corrected chi connectivity index (χ1v) is 10.7.